The van der Waals surface area contributed by atoms with Crippen LogP contribution in [-0.4, -0.2) is 15.5 Å². The summed E-state index contributed by atoms with van der Waals surface area (Å²) in [7, 11) is -2.04. The lowest BCUT2D eigenvalue weighted by molar-refractivity contribution is 0.594. The van der Waals surface area contributed by atoms with Crippen LogP contribution in [0.3, 0.4) is 0 Å². The van der Waals surface area contributed by atoms with Gasteiger partial charge in [0.25, 0.3) is 10.0 Å². The van der Waals surface area contributed by atoms with Crippen LogP contribution in [0, 0.1) is 13.8 Å². The summed E-state index contributed by atoms with van der Waals surface area (Å²) in [4.78, 5) is 0.268. The Morgan fingerprint density at radius 3 is 2.20 bits per heavy atom. The molecule has 0 saturated heterocycles. The first-order chi connectivity index (χ1) is 9.32. The zero-order valence-electron chi connectivity index (χ0n) is 11.6. The Hall–Kier alpha value is -1.52. The molecule has 3 nitrogen and oxygen atoms in total. The third-order valence-electron chi connectivity index (χ3n) is 3.19. The number of anilines is 1. The average molecular weight is 310 g/mol. The number of benzene rings is 2. The fourth-order valence-corrected chi connectivity index (χ4v) is 3.34. The number of halogens is 1. The fourth-order valence-electron chi connectivity index (χ4n) is 1.92. The fraction of sp³-hybridized carbons (Fsp3) is 0.200. The number of hydrogen-bond acceptors (Lipinski definition) is 2. The van der Waals surface area contributed by atoms with Crippen molar-refractivity contribution in [3.63, 3.8) is 0 Å². The third kappa shape index (κ3) is 2.81. The minimum Gasteiger partial charge on any atom is -0.269 e. The number of nitrogens with zero attached hydrogens (tertiary/aromatic N) is 1. The van der Waals surface area contributed by atoms with Crippen molar-refractivity contribution < 1.29 is 8.42 Å². The van der Waals surface area contributed by atoms with Gasteiger partial charge >= 0.3 is 0 Å². The van der Waals surface area contributed by atoms with Gasteiger partial charge in [0.1, 0.15) is 0 Å². The van der Waals surface area contributed by atoms with E-state index in [1.807, 2.05) is 13.8 Å². The van der Waals surface area contributed by atoms with Crippen LogP contribution in [0.2, 0.25) is 5.02 Å². The maximum atomic E-state index is 12.6. The van der Waals surface area contributed by atoms with Crippen molar-refractivity contribution >= 4 is 27.3 Å². The van der Waals surface area contributed by atoms with E-state index >= 15 is 0 Å². The molecule has 0 fully saturated rings. The Morgan fingerprint density at radius 1 is 1.00 bits per heavy atom. The topological polar surface area (TPSA) is 37.4 Å². The summed E-state index contributed by atoms with van der Waals surface area (Å²) in [5.41, 5.74) is 2.45. The van der Waals surface area contributed by atoms with Gasteiger partial charge < -0.3 is 0 Å². The zero-order valence-corrected chi connectivity index (χ0v) is 13.2. The monoisotopic (exact) mass is 309 g/mol. The van der Waals surface area contributed by atoms with Gasteiger partial charge in [-0.25, -0.2) is 8.42 Å². The first-order valence-electron chi connectivity index (χ1n) is 6.14. The van der Waals surface area contributed by atoms with Crippen LogP contribution in [0.5, 0.6) is 0 Å². The summed E-state index contributed by atoms with van der Waals surface area (Å²) < 4.78 is 26.4. The molecule has 0 aromatic heterocycles. The quantitative estimate of drug-likeness (QED) is 0.865. The van der Waals surface area contributed by atoms with E-state index in [0.717, 1.165) is 11.1 Å². The standard InChI is InChI=1S/C15H16ClNO2S/c1-11-4-8-14(9-5-11)20(18,19)17(3)15-10-13(16)7-6-12(15)2/h4-10H,1-3H3. The van der Waals surface area contributed by atoms with E-state index in [-0.39, 0.29) is 4.90 Å². The maximum Gasteiger partial charge on any atom is 0.264 e. The molecule has 2 rings (SSSR count). The Bertz CT molecular complexity index is 724. The molecule has 0 aliphatic heterocycles. The number of sulfonamides is 1. The van der Waals surface area contributed by atoms with Gasteiger partial charge in [-0.05, 0) is 43.7 Å². The van der Waals surface area contributed by atoms with Crippen LogP contribution < -0.4 is 4.31 Å². The normalized spacial score (nSPS) is 11.4. The molecular weight excluding hydrogens is 294 g/mol. The summed E-state index contributed by atoms with van der Waals surface area (Å²) in [6, 6.07) is 12.0. The van der Waals surface area contributed by atoms with Crippen LogP contribution in [0.1, 0.15) is 11.1 Å². The van der Waals surface area contributed by atoms with Crippen molar-refractivity contribution in [1.29, 1.82) is 0 Å². The summed E-state index contributed by atoms with van der Waals surface area (Å²) in [6.07, 6.45) is 0. The smallest absolute Gasteiger partial charge is 0.264 e. The predicted octanol–water partition coefficient (Wildman–Crippen LogP) is 3.78. The maximum absolute atomic E-state index is 12.6. The van der Waals surface area contributed by atoms with Crippen LogP contribution in [0.15, 0.2) is 47.4 Å². The van der Waals surface area contributed by atoms with Gasteiger partial charge in [-0.2, -0.15) is 0 Å². The van der Waals surface area contributed by atoms with Crippen molar-refractivity contribution in [2.24, 2.45) is 0 Å². The van der Waals surface area contributed by atoms with Gasteiger partial charge in [-0.15, -0.1) is 0 Å². The molecule has 0 atom stereocenters. The third-order valence-corrected chi connectivity index (χ3v) is 5.21. The summed E-state index contributed by atoms with van der Waals surface area (Å²) in [5.74, 6) is 0. The molecule has 2 aromatic carbocycles. The lowest BCUT2D eigenvalue weighted by Gasteiger charge is -2.21. The Balaban J connectivity index is 2.48. The number of rotatable bonds is 3. The highest BCUT2D eigenvalue weighted by atomic mass is 35.5. The highest BCUT2D eigenvalue weighted by Gasteiger charge is 2.22. The molecule has 0 heterocycles. The lowest BCUT2D eigenvalue weighted by Crippen LogP contribution is -2.27. The van der Waals surface area contributed by atoms with Gasteiger partial charge in [-0.1, -0.05) is 35.4 Å². The molecule has 0 N–H and O–H groups in total. The number of aryl methyl sites for hydroxylation is 2. The van der Waals surface area contributed by atoms with Crippen molar-refractivity contribution in [3.8, 4) is 0 Å². The molecule has 0 bridgehead atoms. The van der Waals surface area contributed by atoms with Gasteiger partial charge in [0.15, 0.2) is 0 Å². The van der Waals surface area contributed by atoms with Gasteiger partial charge in [0.05, 0.1) is 10.6 Å². The van der Waals surface area contributed by atoms with Crippen molar-refractivity contribution in [2.45, 2.75) is 18.7 Å². The van der Waals surface area contributed by atoms with E-state index in [1.165, 1.54) is 11.4 Å². The SMILES string of the molecule is Cc1ccc(S(=O)(=O)N(C)c2cc(Cl)ccc2C)cc1. The van der Waals surface area contributed by atoms with Crippen LogP contribution >= 0.6 is 11.6 Å². The molecule has 0 aliphatic rings. The minimum atomic E-state index is -3.57. The van der Waals surface area contributed by atoms with Crippen LogP contribution in [-0.2, 0) is 10.0 Å². The molecule has 0 unspecified atom stereocenters. The second-order valence-electron chi connectivity index (χ2n) is 4.72. The zero-order chi connectivity index (χ0) is 14.9. The van der Waals surface area contributed by atoms with Crippen LogP contribution in [0.4, 0.5) is 5.69 Å². The minimum absolute atomic E-state index is 0.268. The lowest BCUT2D eigenvalue weighted by atomic mass is 10.2. The molecular formula is C15H16ClNO2S. The van der Waals surface area contributed by atoms with Crippen molar-refractivity contribution in [1.82, 2.24) is 0 Å². The molecule has 0 aliphatic carbocycles. The summed E-state index contributed by atoms with van der Waals surface area (Å²) in [5, 5.41) is 0.511. The average Bonchev–Trinajstić information content (AvgIpc) is 2.41. The summed E-state index contributed by atoms with van der Waals surface area (Å²) in [6.45, 7) is 3.77. The Kier molecular flexibility index (Phi) is 4.06. The van der Waals surface area contributed by atoms with E-state index in [4.69, 9.17) is 11.6 Å². The van der Waals surface area contributed by atoms with E-state index in [0.29, 0.717) is 10.7 Å². The molecule has 0 spiro atoms. The first-order valence-corrected chi connectivity index (χ1v) is 7.96. The van der Waals surface area contributed by atoms with E-state index in [2.05, 4.69) is 0 Å². The predicted molar refractivity (Wildman–Crippen MR) is 83.0 cm³/mol. The highest BCUT2D eigenvalue weighted by molar-refractivity contribution is 7.92. The Morgan fingerprint density at radius 2 is 1.60 bits per heavy atom. The largest absolute Gasteiger partial charge is 0.269 e. The van der Waals surface area contributed by atoms with E-state index in [1.54, 1.807) is 42.5 Å². The number of hydrogen-bond donors (Lipinski definition) is 0. The van der Waals surface area contributed by atoms with Crippen LogP contribution in [0.25, 0.3) is 0 Å². The molecule has 5 heteroatoms. The molecule has 2 aromatic rings. The van der Waals surface area contributed by atoms with Gasteiger partial charge in [0, 0.05) is 12.1 Å². The second kappa shape index (κ2) is 5.46. The Labute approximate surface area is 124 Å². The van der Waals surface area contributed by atoms with E-state index < -0.39 is 10.0 Å². The van der Waals surface area contributed by atoms with E-state index in [9.17, 15) is 8.42 Å². The molecule has 0 amide bonds. The van der Waals surface area contributed by atoms with Gasteiger partial charge in [-0.3, -0.25) is 4.31 Å². The van der Waals surface area contributed by atoms with Gasteiger partial charge in [0.2, 0.25) is 0 Å². The molecule has 20 heavy (non-hydrogen) atoms. The molecule has 0 saturated carbocycles. The van der Waals surface area contributed by atoms with Crippen molar-refractivity contribution in [2.75, 3.05) is 11.4 Å². The molecule has 106 valence electrons. The summed E-state index contributed by atoms with van der Waals surface area (Å²) >= 11 is 5.96. The molecule has 0 radical (unpaired) electrons. The first kappa shape index (κ1) is 14.9. The second-order valence-corrected chi connectivity index (χ2v) is 7.12. The van der Waals surface area contributed by atoms with Crippen molar-refractivity contribution in [3.05, 3.63) is 58.6 Å². The highest BCUT2D eigenvalue weighted by Crippen LogP contribution is 2.28.